The van der Waals surface area contributed by atoms with Crippen LogP contribution in [0.2, 0.25) is 0 Å². The Morgan fingerprint density at radius 3 is 2.64 bits per heavy atom. The molecule has 0 aliphatic heterocycles. The molecule has 0 fully saturated rings. The first kappa shape index (κ1) is 10.8. The highest BCUT2D eigenvalue weighted by atomic mass is 16.5. The molecule has 0 radical (unpaired) electrons. The van der Waals surface area contributed by atoms with E-state index in [2.05, 4.69) is 23.8 Å². The number of methoxy groups -OCH3 is 1. The fraction of sp³-hybridized carbons (Fsp3) is 0.600. The monoisotopic (exact) mass is 196 g/mol. The quantitative estimate of drug-likeness (QED) is 0.738. The highest BCUT2D eigenvalue weighted by Crippen LogP contribution is 2.24. The van der Waals surface area contributed by atoms with E-state index in [-0.39, 0.29) is 0 Å². The van der Waals surface area contributed by atoms with E-state index in [1.165, 1.54) is 0 Å². The Kier molecular flexibility index (Phi) is 3.68. The summed E-state index contributed by atoms with van der Waals surface area (Å²) in [5, 5.41) is 0. The van der Waals surface area contributed by atoms with Gasteiger partial charge in [0, 0.05) is 11.8 Å². The fourth-order valence-corrected chi connectivity index (χ4v) is 1.11. The lowest BCUT2D eigenvalue weighted by atomic mass is 10.1. The summed E-state index contributed by atoms with van der Waals surface area (Å²) < 4.78 is 10.3. The molecule has 1 aromatic rings. The van der Waals surface area contributed by atoms with Crippen molar-refractivity contribution in [3.8, 4) is 11.9 Å². The van der Waals surface area contributed by atoms with Gasteiger partial charge in [0.25, 0.3) is 0 Å². The molecular formula is C10H16N2O2. The van der Waals surface area contributed by atoms with Crippen LogP contribution in [-0.4, -0.2) is 23.7 Å². The van der Waals surface area contributed by atoms with Crippen LogP contribution in [0.5, 0.6) is 11.9 Å². The molecule has 0 amide bonds. The molecule has 0 unspecified atom stereocenters. The van der Waals surface area contributed by atoms with Gasteiger partial charge in [-0.05, 0) is 12.8 Å². The molecule has 0 N–H and O–H groups in total. The molecule has 0 saturated heterocycles. The molecule has 1 rings (SSSR count). The number of aromatic nitrogens is 2. The maximum Gasteiger partial charge on any atom is 0.319 e. The molecule has 4 nitrogen and oxygen atoms in total. The number of hydrogen-bond donors (Lipinski definition) is 0. The molecule has 1 heterocycles. The SMILES string of the molecule is CCOc1nc(OC)ncc1C(C)C. The van der Waals surface area contributed by atoms with E-state index >= 15 is 0 Å². The second-order valence-electron chi connectivity index (χ2n) is 3.20. The van der Waals surface area contributed by atoms with Crippen LogP contribution < -0.4 is 9.47 Å². The Morgan fingerprint density at radius 1 is 1.43 bits per heavy atom. The first-order valence-electron chi connectivity index (χ1n) is 4.72. The van der Waals surface area contributed by atoms with E-state index in [4.69, 9.17) is 9.47 Å². The van der Waals surface area contributed by atoms with E-state index in [1.807, 2.05) is 6.92 Å². The third-order valence-electron chi connectivity index (χ3n) is 1.84. The minimum absolute atomic E-state index is 0.345. The average molecular weight is 196 g/mol. The van der Waals surface area contributed by atoms with E-state index in [0.717, 1.165) is 5.56 Å². The van der Waals surface area contributed by atoms with E-state index in [1.54, 1.807) is 13.3 Å². The average Bonchev–Trinajstić information content (AvgIpc) is 2.17. The Balaban J connectivity index is 3.03. The summed E-state index contributed by atoms with van der Waals surface area (Å²) in [5.41, 5.74) is 1.01. The molecule has 0 aromatic carbocycles. The first-order valence-corrected chi connectivity index (χ1v) is 4.72. The first-order chi connectivity index (χ1) is 6.69. The second kappa shape index (κ2) is 4.79. The minimum atomic E-state index is 0.345. The van der Waals surface area contributed by atoms with Crippen LogP contribution >= 0.6 is 0 Å². The van der Waals surface area contributed by atoms with Gasteiger partial charge in [-0.25, -0.2) is 4.98 Å². The zero-order valence-electron chi connectivity index (χ0n) is 9.07. The van der Waals surface area contributed by atoms with Gasteiger partial charge in [-0.15, -0.1) is 0 Å². The predicted molar refractivity (Wildman–Crippen MR) is 53.8 cm³/mol. The Bertz CT molecular complexity index is 300. The lowest BCUT2D eigenvalue weighted by Crippen LogP contribution is -2.03. The molecule has 0 spiro atoms. The van der Waals surface area contributed by atoms with Crippen molar-refractivity contribution in [2.75, 3.05) is 13.7 Å². The fourth-order valence-electron chi connectivity index (χ4n) is 1.11. The second-order valence-corrected chi connectivity index (χ2v) is 3.20. The van der Waals surface area contributed by atoms with Crippen molar-refractivity contribution < 1.29 is 9.47 Å². The van der Waals surface area contributed by atoms with E-state index in [9.17, 15) is 0 Å². The van der Waals surface area contributed by atoms with Gasteiger partial charge in [0.05, 0.1) is 13.7 Å². The zero-order valence-corrected chi connectivity index (χ0v) is 9.07. The molecule has 0 aliphatic rings. The van der Waals surface area contributed by atoms with Crippen molar-refractivity contribution in [1.82, 2.24) is 9.97 Å². The topological polar surface area (TPSA) is 44.2 Å². The standard InChI is InChI=1S/C10H16N2O2/c1-5-14-9-8(7(2)3)6-11-10(12-9)13-4/h6-7H,5H2,1-4H3. The van der Waals surface area contributed by atoms with Crippen LogP contribution in [0.3, 0.4) is 0 Å². The summed E-state index contributed by atoms with van der Waals surface area (Å²) in [6, 6.07) is 0.345. The van der Waals surface area contributed by atoms with Gasteiger partial charge in [0.1, 0.15) is 0 Å². The van der Waals surface area contributed by atoms with Crippen molar-refractivity contribution in [3.63, 3.8) is 0 Å². The Morgan fingerprint density at radius 2 is 2.14 bits per heavy atom. The molecular weight excluding hydrogens is 180 g/mol. The van der Waals surface area contributed by atoms with Crippen LogP contribution in [0.4, 0.5) is 0 Å². The molecule has 0 saturated carbocycles. The molecule has 14 heavy (non-hydrogen) atoms. The van der Waals surface area contributed by atoms with Gasteiger partial charge < -0.3 is 9.47 Å². The van der Waals surface area contributed by atoms with Gasteiger partial charge in [-0.2, -0.15) is 4.98 Å². The van der Waals surface area contributed by atoms with E-state index < -0.39 is 0 Å². The van der Waals surface area contributed by atoms with Gasteiger partial charge in [-0.1, -0.05) is 13.8 Å². The van der Waals surface area contributed by atoms with Crippen molar-refractivity contribution in [3.05, 3.63) is 11.8 Å². The number of rotatable bonds is 4. The third-order valence-corrected chi connectivity index (χ3v) is 1.84. The summed E-state index contributed by atoms with van der Waals surface area (Å²) in [5.74, 6) is 0.969. The number of nitrogens with zero attached hydrogens (tertiary/aromatic N) is 2. The molecule has 1 aromatic heterocycles. The Labute approximate surface area is 84.3 Å². The molecule has 0 atom stereocenters. The lowest BCUT2D eigenvalue weighted by Gasteiger charge is -2.11. The molecule has 4 heteroatoms. The lowest BCUT2D eigenvalue weighted by molar-refractivity contribution is 0.306. The minimum Gasteiger partial charge on any atom is -0.478 e. The summed E-state index contributed by atoms with van der Waals surface area (Å²) in [4.78, 5) is 8.19. The van der Waals surface area contributed by atoms with Gasteiger partial charge in [-0.3, -0.25) is 0 Å². The maximum absolute atomic E-state index is 5.41. The van der Waals surface area contributed by atoms with Crippen molar-refractivity contribution in [1.29, 1.82) is 0 Å². The molecule has 0 bridgehead atoms. The molecule has 78 valence electrons. The summed E-state index contributed by atoms with van der Waals surface area (Å²) in [6.45, 7) is 6.68. The van der Waals surface area contributed by atoms with Crippen LogP contribution in [-0.2, 0) is 0 Å². The highest BCUT2D eigenvalue weighted by Gasteiger charge is 2.11. The van der Waals surface area contributed by atoms with Gasteiger partial charge >= 0.3 is 6.01 Å². The number of hydrogen-bond acceptors (Lipinski definition) is 4. The van der Waals surface area contributed by atoms with Crippen molar-refractivity contribution in [2.45, 2.75) is 26.7 Å². The molecule has 0 aliphatic carbocycles. The van der Waals surface area contributed by atoms with Gasteiger partial charge in [0.15, 0.2) is 0 Å². The predicted octanol–water partition coefficient (Wildman–Crippen LogP) is 2.01. The summed E-state index contributed by atoms with van der Waals surface area (Å²) in [7, 11) is 1.54. The normalized spacial score (nSPS) is 10.4. The Hall–Kier alpha value is -1.32. The van der Waals surface area contributed by atoms with Crippen molar-refractivity contribution in [2.24, 2.45) is 0 Å². The zero-order chi connectivity index (χ0) is 10.6. The van der Waals surface area contributed by atoms with E-state index in [0.29, 0.717) is 24.4 Å². The third kappa shape index (κ3) is 2.34. The highest BCUT2D eigenvalue weighted by molar-refractivity contribution is 5.28. The van der Waals surface area contributed by atoms with Crippen LogP contribution in [0.15, 0.2) is 6.20 Å². The van der Waals surface area contributed by atoms with Crippen LogP contribution in [0, 0.1) is 0 Å². The maximum atomic E-state index is 5.41. The summed E-state index contributed by atoms with van der Waals surface area (Å²) in [6.07, 6.45) is 1.75. The van der Waals surface area contributed by atoms with Crippen molar-refractivity contribution >= 4 is 0 Å². The smallest absolute Gasteiger partial charge is 0.319 e. The van der Waals surface area contributed by atoms with Crippen LogP contribution in [0.25, 0.3) is 0 Å². The summed E-state index contributed by atoms with van der Waals surface area (Å²) >= 11 is 0. The van der Waals surface area contributed by atoms with Gasteiger partial charge in [0.2, 0.25) is 5.88 Å². The largest absolute Gasteiger partial charge is 0.478 e. The van der Waals surface area contributed by atoms with Crippen LogP contribution in [0.1, 0.15) is 32.3 Å². The number of ether oxygens (including phenoxy) is 2.